The van der Waals surface area contributed by atoms with Crippen molar-refractivity contribution >= 4 is 13.7 Å². The van der Waals surface area contributed by atoms with E-state index in [1.165, 1.54) is 103 Å². The van der Waals surface area contributed by atoms with Gasteiger partial charge in [-0.1, -0.05) is 208 Å². The lowest BCUT2D eigenvalue weighted by Crippen LogP contribution is -2.45. The van der Waals surface area contributed by atoms with Crippen molar-refractivity contribution in [3.05, 3.63) is 85.1 Å². The first-order valence-corrected chi connectivity index (χ1v) is 27.4. The maximum atomic E-state index is 12.9. The van der Waals surface area contributed by atoms with Gasteiger partial charge in [-0.05, 0) is 77.0 Å². The number of nitrogens with one attached hydrogen (secondary N) is 1. The summed E-state index contributed by atoms with van der Waals surface area (Å²) >= 11 is 0. The average molecular weight is 915 g/mol. The molecule has 370 valence electrons. The van der Waals surface area contributed by atoms with Gasteiger partial charge in [-0.15, -0.1) is 0 Å². The van der Waals surface area contributed by atoms with Gasteiger partial charge in [0.2, 0.25) is 5.91 Å². The van der Waals surface area contributed by atoms with Gasteiger partial charge >= 0.3 is 0 Å². The number of carbonyl (C=O) groups is 1. The summed E-state index contributed by atoms with van der Waals surface area (Å²) in [6.07, 6.45) is 63.5. The first-order valence-electron chi connectivity index (χ1n) is 25.9. The van der Waals surface area contributed by atoms with Crippen LogP contribution in [-0.4, -0.2) is 68.5 Å². The summed E-state index contributed by atoms with van der Waals surface area (Å²) in [5.41, 5.74) is 0. The van der Waals surface area contributed by atoms with Crippen LogP contribution in [0.3, 0.4) is 0 Å². The van der Waals surface area contributed by atoms with Gasteiger partial charge in [-0.25, -0.2) is 0 Å². The van der Waals surface area contributed by atoms with Crippen molar-refractivity contribution < 1.29 is 32.9 Å². The number of quaternary nitrogens is 1. The van der Waals surface area contributed by atoms with Crippen molar-refractivity contribution in [2.75, 3.05) is 40.9 Å². The summed E-state index contributed by atoms with van der Waals surface area (Å²) in [4.78, 5) is 25.4. The lowest BCUT2D eigenvalue weighted by molar-refractivity contribution is -0.870. The Morgan fingerprint density at radius 2 is 0.969 bits per heavy atom. The van der Waals surface area contributed by atoms with Gasteiger partial charge in [0.1, 0.15) is 13.2 Å². The molecule has 0 aliphatic heterocycles. The fraction of sp³-hybridized carbons (Fsp3) is 0.727. The summed E-state index contributed by atoms with van der Waals surface area (Å²) in [6, 6.07) is -0.911. The number of allylic oxidation sites excluding steroid dienone is 13. The predicted octanol–water partition coefficient (Wildman–Crippen LogP) is 14.7. The minimum Gasteiger partial charge on any atom is -0.756 e. The third-order valence-electron chi connectivity index (χ3n) is 11.1. The Balaban J connectivity index is 4.34. The second kappa shape index (κ2) is 45.8. The maximum Gasteiger partial charge on any atom is 0.268 e. The summed E-state index contributed by atoms with van der Waals surface area (Å²) in [5, 5.41) is 13.8. The van der Waals surface area contributed by atoms with E-state index in [0.717, 1.165) is 83.5 Å². The van der Waals surface area contributed by atoms with E-state index in [2.05, 4.69) is 92.1 Å². The van der Waals surface area contributed by atoms with Crippen LogP contribution in [0.25, 0.3) is 0 Å². The van der Waals surface area contributed by atoms with Gasteiger partial charge in [0.15, 0.2) is 0 Å². The van der Waals surface area contributed by atoms with Gasteiger partial charge in [-0.3, -0.25) is 9.36 Å². The lowest BCUT2D eigenvalue weighted by atomic mass is 10.0. The molecule has 9 heteroatoms. The van der Waals surface area contributed by atoms with Crippen LogP contribution in [0.5, 0.6) is 0 Å². The number of phosphoric acid groups is 1. The topological polar surface area (TPSA) is 108 Å². The van der Waals surface area contributed by atoms with E-state index in [4.69, 9.17) is 9.05 Å². The molecule has 0 aliphatic carbocycles. The van der Waals surface area contributed by atoms with Crippen molar-refractivity contribution in [2.24, 2.45) is 0 Å². The number of hydrogen-bond donors (Lipinski definition) is 2. The van der Waals surface area contributed by atoms with Crippen LogP contribution < -0.4 is 10.2 Å². The quantitative estimate of drug-likeness (QED) is 0.0273. The molecule has 3 unspecified atom stereocenters. The number of amides is 1. The normalized spacial score (nSPS) is 14.8. The highest BCUT2D eigenvalue weighted by Gasteiger charge is 2.23. The molecule has 0 rings (SSSR count). The molecule has 1 amide bonds. The largest absolute Gasteiger partial charge is 0.756 e. The number of nitrogens with zero attached hydrogens (tertiary/aromatic N) is 1. The molecule has 0 spiro atoms. The second-order valence-electron chi connectivity index (χ2n) is 18.5. The van der Waals surface area contributed by atoms with Crippen molar-refractivity contribution in [2.45, 2.75) is 219 Å². The van der Waals surface area contributed by atoms with Crippen LogP contribution in [0.4, 0.5) is 0 Å². The summed E-state index contributed by atoms with van der Waals surface area (Å²) in [5.74, 6) is -0.217. The predicted molar refractivity (Wildman–Crippen MR) is 274 cm³/mol. The number of phosphoric ester groups is 1. The molecule has 3 atom stereocenters. The molecular formula is C55H99N2O6P. The standard InChI is InChI=1S/C55H99N2O6P/c1-6-8-10-12-14-16-18-20-22-24-25-26-27-28-29-30-31-33-35-37-39-41-43-45-47-49-55(59)56-53(52-63-64(60,61)62-51-50-57(3,4)5)54(58)48-46-44-42-40-38-36-34-32-23-21-19-17-15-13-11-9-7-2/h8,10,14,16,20,22,25-26,28-29,38,40,46,48,53-54,58H,6-7,9,11-13,15,17-19,21,23-24,27,30-37,39,41-45,47,49-52H2,1-5H3,(H-,56,59,60,61)/b10-8-,16-14-,22-20-,26-25-,29-28-,40-38+,48-46+. The number of carbonyl (C=O) groups excluding carboxylic acids is 1. The summed E-state index contributed by atoms with van der Waals surface area (Å²) in [6.45, 7) is 4.50. The van der Waals surface area contributed by atoms with E-state index >= 15 is 0 Å². The molecule has 0 saturated carbocycles. The van der Waals surface area contributed by atoms with Gasteiger partial charge < -0.3 is 28.8 Å². The molecule has 0 fully saturated rings. The Morgan fingerprint density at radius 1 is 0.562 bits per heavy atom. The molecule has 0 saturated heterocycles. The molecule has 64 heavy (non-hydrogen) atoms. The molecule has 0 aromatic heterocycles. The number of aliphatic hydroxyl groups is 1. The Bertz CT molecular complexity index is 1310. The fourth-order valence-corrected chi connectivity index (χ4v) is 7.74. The van der Waals surface area contributed by atoms with E-state index in [1.54, 1.807) is 6.08 Å². The maximum absolute atomic E-state index is 12.9. The first-order chi connectivity index (χ1) is 31.0. The summed E-state index contributed by atoms with van der Waals surface area (Å²) in [7, 11) is 1.23. The highest BCUT2D eigenvalue weighted by molar-refractivity contribution is 7.45. The molecule has 0 heterocycles. The zero-order valence-corrected chi connectivity index (χ0v) is 42.8. The minimum atomic E-state index is -4.61. The number of unbranched alkanes of at least 4 members (excludes halogenated alkanes) is 21. The van der Waals surface area contributed by atoms with Crippen LogP contribution in [0.2, 0.25) is 0 Å². The highest BCUT2D eigenvalue weighted by atomic mass is 31.2. The van der Waals surface area contributed by atoms with E-state index in [0.29, 0.717) is 17.4 Å². The molecule has 0 aliphatic rings. The molecule has 0 bridgehead atoms. The highest BCUT2D eigenvalue weighted by Crippen LogP contribution is 2.38. The fourth-order valence-electron chi connectivity index (χ4n) is 7.02. The second-order valence-corrected chi connectivity index (χ2v) is 19.9. The van der Waals surface area contributed by atoms with Gasteiger partial charge in [0.25, 0.3) is 7.82 Å². The van der Waals surface area contributed by atoms with Crippen molar-refractivity contribution in [1.82, 2.24) is 5.32 Å². The Kier molecular flexibility index (Phi) is 44.2. The number of aliphatic hydroxyl groups excluding tert-OH is 1. The van der Waals surface area contributed by atoms with Crippen LogP contribution in [0.15, 0.2) is 85.1 Å². The van der Waals surface area contributed by atoms with Gasteiger partial charge in [0, 0.05) is 6.42 Å². The third-order valence-corrected chi connectivity index (χ3v) is 12.1. The van der Waals surface area contributed by atoms with E-state index in [1.807, 2.05) is 27.2 Å². The summed E-state index contributed by atoms with van der Waals surface area (Å²) < 4.78 is 23.3. The number of rotatable bonds is 46. The smallest absolute Gasteiger partial charge is 0.268 e. The van der Waals surface area contributed by atoms with E-state index in [9.17, 15) is 19.4 Å². The molecule has 2 N–H and O–H groups in total. The van der Waals surface area contributed by atoms with Crippen LogP contribution >= 0.6 is 7.82 Å². The average Bonchev–Trinajstić information content (AvgIpc) is 3.25. The van der Waals surface area contributed by atoms with E-state index < -0.39 is 26.6 Å². The minimum absolute atomic E-state index is 0.0116. The number of likely N-dealkylation sites (N-methyl/N-ethyl adjacent to an activating group) is 1. The van der Waals surface area contributed by atoms with Crippen molar-refractivity contribution in [3.63, 3.8) is 0 Å². The van der Waals surface area contributed by atoms with Crippen molar-refractivity contribution in [3.8, 4) is 0 Å². The zero-order chi connectivity index (χ0) is 47.1. The zero-order valence-electron chi connectivity index (χ0n) is 42.0. The molecule has 0 radical (unpaired) electrons. The van der Waals surface area contributed by atoms with Crippen molar-refractivity contribution in [1.29, 1.82) is 0 Å². The van der Waals surface area contributed by atoms with Crippen LogP contribution in [-0.2, 0) is 18.4 Å². The lowest BCUT2D eigenvalue weighted by Gasteiger charge is -2.29. The van der Waals surface area contributed by atoms with Gasteiger partial charge in [-0.2, -0.15) is 0 Å². The van der Waals surface area contributed by atoms with Crippen LogP contribution in [0, 0.1) is 0 Å². The van der Waals surface area contributed by atoms with E-state index in [-0.39, 0.29) is 12.5 Å². The number of hydrogen-bond acceptors (Lipinski definition) is 6. The monoisotopic (exact) mass is 915 g/mol. The Morgan fingerprint density at radius 3 is 1.45 bits per heavy atom. The SMILES string of the molecule is CC/C=C\C/C=C\C/C=C\C/C=C\C/C=C\CCCCCCCCCCCC(=O)NC(COP(=O)([O-])OCC[N+](C)(C)C)C(O)/C=C/CC/C=C/CCCCCCCCCCCCC. The molecule has 0 aromatic rings. The Hall–Kier alpha value is -2.32. The molecular weight excluding hydrogens is 816 g/mol. The Labute approximate surface area is 395 Å². The van der Waals surface area contributed by atoms with Crippen LogP contribution in [0.1, 0.15) is 206 Å². The first kappa shape index (κ1) is 61.7. The molecule has 8 nitrogen and oxygen atoms in total. The van der Waals surface area contributed by atoms with Gasteiger partial charge in [0.05, 0.1) is 39.9 Å². The molecule has 0 aromatic carbocycles. The third kappa shape index (κ3) is 47.6.